The van der Waals surface area contributed by atoms with Gasteiger partial charge in [0.05, 0.1) is 5.76 Å². The summed E-state index contributed by atoms with van der Waals surface area (Å²) in [5.74, 6) is 2.53. The first-order valence-corrected chi connectivity index (χ1v) is 13.6. The number of nitrogens with zero attached hydrogens (tertiary/aromatic N) is 1. The molecule has 2 unspecified atom stereocenters. The molecule has 5 rings (SSSR count). The monoisotopic (exact) mass is 501 g/mol. The van der Waals surface area contributed by atoms with E-state index in [0.29, 0.717) is 18.1 Å². The minimum Gasteiger partial charge on any atom is -0.508 e. The second kappa shape index (κ2) is 10.7. The van der Waals surface area contributed by atoms with Crippen LogP contribution in [0.15, 0.2) is 65.9 Å². The summed E-state index contributed by atoms with van der Waals surface area (Å²) in [5, 5.41) is 20.0. The summed E-state index contributed by atoms with van der Waals surface area (Å²) < 4.78 is 12.9. The standard InChI is InChI=1S/C32H39NO4/c1-22-19-28(36-18-17-33-15-5-4-6-16-33)13-9-25(22)21-32(3)31(24-7-10-26(34)11-8-24)23(2)29-14-12-27(35)20-30(29)37-32/h7-14,20,22,34-35H,4-6,15-19,21H2,1-3H3. The molecule has 0 amide bonds. The van der Waals surface area contributed by atoms with E-state index in [9.17, 15) is 10.2 Å². The molecule has 196 valence electrons. The highest BCUT2D eigenvalue weighted by molar-refractivity contribution is 5.97. The Kier molecular flexibility index (Phi) is 7.34. The summed E-state index contributed by atoms with van der Waals surface area (Å²) in [4.78, 5) is 2.51. The lowest BCUT2D eigenvalue weighted by Gasteiger charge is -2.41. The highest BCUT2D eigenvalue weighted by Crippen LogP contribution is 2.49. The van der Waals surface area contributed by atoms with Gasteiger partial charge in [-0.2, -0.15) is 0 Å². The molecule has 5 heteroatoms. The first kappa shape index (κ1) is 25.5. The lowest BCUT2D eigenvalue weighted by Crippen LogP contribution is -2.38. The summed E-state index contributed by atoms with van der Waals surface area (Å²) in [6.07, 6.45) is 9.90. The first-order valence-electron chi connectivity index (χ1n) is 13.6. The molecular formula is C32H39NO4. The van der Waals surface area contributed by atoms with Gasteiger partial charge in [0.1, 0.15) is 29.5 Å². The summed E-state index contributed by atoms with van der Waals surface area (Å²) >= 11 is 0. The molecule has 0 aromatic heterocycles. The van der Waals surface area contributed by atoms with Gasteiger partial charge in [-0.1, -0.05) is 37.1 Å². The minimum atomic E-state index is -0.637. The molecule has 2 heterocycles. The Labute approximate surface area is 220 Å². The van der Waals surface area contributed by atoms with Gasteiger partial charge in [-0.25, -0.2) is 0 Å². The van der Waals surface area contributed by atoms with Gasteiger partial charge in [-0.15, -0.1) is 0 Å². The van der Waals surface area contributed by atoms with Crippen LogP contribution in [0, 0.1) is 5.92 Å². The number of ether oxygens (including phenoxy) is 2. The van der Waals surface area contributed by atoms with Crippen LogP contribution >= 0.6 is 0 Å². The molecule has 1 fully saturated rings. The van der Waals surface area contributed by atoms with E-state index in [0.717, 1.165) is 47.6 Å². The number of aromatic hydroxyl groups is 2. The number of phenols is 2. The van der Waals surface area contributed by atoms with Gasteiger partial charge in [0.25, 0.3) is 0 Å². The van der Waals surface area contributed by atoms with Gasteiger partial charge in [0, 0.05) is 36.6 Å². The van der Waals surface area contributed by atoms with E-state index in [2.05, 4.69) is 37.8 Å². The van der Waals surface area contributed by atoms with E-state index < -0.39 is 5.60 Å². The van der Waals surface area contributed by atoms with Crippen molar-refractivity contribution in [3.63, 3.8) is 0 Å². The number of fused-ring (bicyclic) bond motifs is 1. The van der Waals surface area contributed by atoms with E-state index in [1.165, 1.54) is 37.9 Å². The Morgan fingerprint density at radius 3 is 2.46 bits per heavy atom. The minimum absolute atomic E-state index is 0.196. The molecule has 0 radical (unpaired) electrons. The topological polar surface area (TPSA) is 62.2 Å². The smallest absolute Gasteiger partial charge is 0.136 e. The second-order valence-corrected chi connectivity index (χ2v) is 11.0. The van der Waals surface area contributed by atoms with Crippen LogP contribution in [-0.4, -0.2) is 47.0 Å². The Balaban J connectivity index is 1.38. The zero-order valence-corrected chi connectivity index (χ0v) is 22.3. The van der Waals surface area contributed by atoms with Gasteiger partial charge in [0.2, 0.25) is 0 Å². The van der Waals surface area contributed by atoms with E-state index in [1.54, 1.807) is 24.3 Å². The molecule has 0 spiro atoms. The number of rotatable bonds is 7. The number of likely N-dealkylation sites (tertiary alicyclic amines) is 1. The number of benzene rings is 2. The third-order valence-corrected chi connectivity index (χ3v) is 8.07. The lowest BCUT2D eigenvalue weighted by molar-refractivity contribution is 0.130. The van der Waals surface area contributed by atoms with E-state index in [1.807, 2.05) is 18.2 Å². The number of phenolic OH excluding ortho intramolecular Hbond substituents is 2. The Bertz CT molecular complexity index is 1220. The molecule has 2 atom stereocenters. The van der Waals surface area contributed by atoms with E-state index in [4.69, 9.17) is 9.47 Å². The molecule has 1 saturated heterocycles. The summed E-state index contributed by atoms with van der Waals surface area (Å²) in [5.41, 5.74) is 4.91. The quantitative estimate of drug-likeness (QED) is 0.431. The van der Waals surface area contributed by atoms with Crippen LogP contribution in [0.4, 0.5) is 0 Å². The number of allylic oxidation sites excluding steroid dienone is 4. The fraction of sp³-hybridized carbons (Fsp3) is 0.438. The molecular weight excluding hydrogens is 462 g/mol. The maximum Gasteiger partial charge on any atom is 0.136 e. The number of hydrogen-bond acceptors (Lipinski definition) is 5. The van der Waals surface area contributed by atoms with Crippen LogP contribution in [0.3, 0.4) is 0 Å². The van der Waals surface area contributed by atoms with Crippen LogP contribution in [0.5, 0.6) is 17.2 Å². The SMILES string of the molecule is CC1=C(c2ccc(O)cc2)C(C)(CC2=CC=C(OCCN3CCCCC3)CC2C)Oc2cc(O)ccc21. The van der Waals surface area contributed by atoms with Crippen LogP contribution in [0.25, 0.3) is 11.1 Å². The van der Waals surface area contributed by atoms with Crippen molar-refractivity contribution in [3.8, 4) is 17.2 Å². The zero-order chi connectivity index (χ0) is 26.0. The highest BCUT2D eigenvalue weighted by Gasteiger charge is 2.40. The largest absolute Gasteiger partial charge is 0.508 e. The fourth-order valence-corrected chi connectivity index (χ4v) is 6.09. The maximum atomic E-state index is 10.1. The lowest BCUT2D eigenvalue weighted by atomic mass is 9.75. The van der Waals surface area contributed by atoms with Crippen molar-refractivity contribution in [2.75, 3.05) is 26.2 Å². The number of piperidine rings is 1. The molecule has 2 aromatic carbocycles. The molecule has 37 heavy (non-hydrogen) atoms. The zero-order valence-electron chi connectivity index (χ0n) is 22.3. The first-order chi connectivity index (χ1) is 17.8. The van der Waals surface area contributed by atoms with Crippen LogP contribution < -0.4 is 4.74 Å². The second-order valence-electron chi connectivity index (χ2n) is 11.0. The van der Waals surface area contributed by atoms with Gasteiger partial charge in [-0.05, 0) is 87.2 Å². The summed E-state index contributed by atoms with van der Waals surface area (Å²) in [6, 6.07) is 12.7. The molecule has 2 aliphatic heterocycles. The summed E-state index contributed by atoms with van der Waals surface area (Å²) in [7, 11) is 0. The van der Waals surface area contributed by atoms with Crippen LogP contribution in [-0.2, 0) is 4.74 Å². The van der Waals surface area contributed by atoms with Gasteiger partial charge < -0.3 is 19.7 Å². The Hall–Kier alpha value is -3.18. The molecule has 2 aromatic rings. The third kappa shape index (κ3) is 5.57. The summed E-state index contributed by atoms with van der Waals surface area (Å²) in [6.45, 7) is 10.6. The molecule has 5 nitrogen and oxygen atoms in total. The van der Waals surface area contributed by atoms with Crippen LogP contribution in [0.1, 0.15) is 64.0 Å². The fourth-order valence-electron chi connectivity index (χ4n) is 6.09. The van der Waals surface area contributed by atoms with Crippen molar-refractivity contribution >= 4 is 11.1 Å². The van der Waals surface area contributed by atoms with Gasteiger partial charge in [0.15, 0.2) is 0 Å². The van der Waals surface area contributed by atoms with Crippen molar-refractivity contribution < 1.29 is 19.7 Å². The van der Waals surface area contributed by atoms with E-state index >= 15 is 0 Å². The van der Waals surface area contributed by atoms with Crippen molar-refractivity contribution in [3.05, 3.63) is 77.1 Å². The normalized spacial score (nSPS) is 24.1. The Morgan fingerprint density at radius 1 is 1.00 bits per heavy atom. The van der Waals surface area contributed by atoms with Crippen LogP contribution in [0.2, 0.25) is 0 Å². The van der Waals surface area contributed by atoms with Gasteiger partial charge >= 0.3 is 0 Å². The molecule has 1 aliphatic carbocycles. The molecule has 0 saturated carbocycles. The number of hydrogen-bond donors (Lipinski definition) is 2. The van der Waals surface area contributed by atoms with Crippen molar-refractivity contribution in [2.24, 2.45) is 5.92 Å². The average molecular weight is 502 g/mol. The van der Waals surface area contributed by atoms with Gasteiger partial charge in [-0.3, -0.25) is 4.90 Å². The predicted molar refractivity (Wildman–Crippen MR) is 149 cm³/mol. The average Bonchev–Trinajstić information content (AvgIpc) is 2.87. The maximum absolute atomic E-state index is 10.1. The molecule has 0 bridgehead atoms. The van der Waals surface area contributed by atoms with Crippen molar-refractivity contribution in [2.45, 2.75) is 58.5 Å². The van der Waals surface area contributed by atoms with E-state index in [-0.39, 0.29) is 11.5 Å². The molecule has 3 aliphatic rings. The Morgan fingerprint density at radius 2 is 1.73 bits per heavy atom. The van der Waals surface area contributed by atoms with Crippen molar-refractivity contribution in [1.29, 1.82) is 0 Å². The highest BCUT2D eigenvalue weighted by atomic mass is 16.5. The van der Waals surface area contributed by atoms with Crippen molar-refractivity contribution in [1.82, 2.24) is 4.90 Å². The molecule has 2 N–H and O–H groups in total. The third-order valence-electron chi connectivity index (χ3n) is 8.07. The predicted octanol–water partition coefficient (Wildman–Crippen LogP) is 6.92.